The first-order chi connectivity index (χ1) is 5.22. The zero-order valence-electron chi connectivity index (χ0n) is 7.14. The minimum absolute atomic E-state index is 0.0753. The molecule has 0 aromatic heterocycles. The number of carbonyl (C=O) groups is 1. The molecule has 0 saturated heterocycles. The van der Waals surface area contributed by atoms with Crippen LogP contribution in [-0.4, -0.2) is 20.0 Å². The predicted octanol–water partition coefficient (Wildman–Crippen LogP) is -1.57. The van der Waals surface area contributed by atoms with Crippen molar-refractivity contribution in [3.8, 4) is 0 Å². The fourth-order valence-electron chi connectivity index (χ4n) is 0.619. The number of alkyl halides is 1. The molecular formula is C8H15INO-. The van der Waals surface area contributed by atoms with Gasteiger partial charge in [0.15, 0.2) is 0 Å². The van der Waals surface area contributed by atoms with Gasteiger partial charge in [-0.15, -0.1) is 0 Å². The van der Waals surface area contributed by atoms with Crippen molar-refractivity contribution in [3.63, 3.8) is 0 Å². The molecule has 0 radical (unpaired) electrons. The Hall–Kier alpha value is -0.0600. The van der Waals surface area contributed by atoms with E-state index in [2.05, 4.69) is 6.58 Å². The van der Waals surface area contributed by atoms with E-state index >= 15 is 0 Å². The van der Waals surface area contributed by atoms with Crippen LogP contribution in [-0.2, 0) is 4.79 Å². The Balaban J connectivity index is 3.52. The Morgan fingerprint density at radius 1 is 1.73 bits per heavy atom. The van der Waals surface area contributed by atoms with Crippen molar-refractivity contribution >= 4 is 5.91 Å². The molecule has 0 aromatic rings. The normalized spacial score (nSPS) is 9.64. The van der Waals surface area contributed by atoms with Crippen LogP contribution in [0.15, 0.2) is 12.7 Å². The molecule has 0 N–H and O–H groups in total. The van der Waals surface area contributed by atoms with Crippen LogP contribution in [0.2, 0.25) is 0 Å². The van der Waals surface area contributed by atoms with E-state index in [-0.39, 0.29) is 27.4 Å². The number of halogens is 1. The summed E-state index contributed by atoms with van der Waals surface area (Å²) in [6.45, 7) is 8.16. The van der Waals surface area contributed by atoms with E-state index in [1.54, 1.807) is 6.92 Å². The van der Waals surface area contributed by atoms with E-state index in [9.17, 15) is 4.79 Å². The summed E-state index contributed by atoms with van der Waals surface area (Å²) in [6.07, 6.45) is 2.95. The van der Waals surface area contributed by atoms with Gasteiger partial charge in [0.05, 0.1) is 0 Å². The number of carbonyl (C=O) groups excluding carboxylic acids is 1. The van der Waals surface area contributed by atoms with Gasteiger partial charge in [-0.05, 0) is 0 Å². The SMILES string of the molecule is C=CCC[I-]N(CC)C(C)=O. The van der Waals surface area contributed by atoms with Crippen LogP contribution in [0.1, 0.15) is 20.3 Å². The summed E-state index contributed by atoms with van der Waals surface area (Å²) >= 11 is -0.0753. The van der Waals surface area contributed by atoms with Gasteiger partial charge in [-0.25, -0.2) is 0 Å². The summed E-state index contributed by atoms with van der Waals surface area (Å²) < 4.78 is 3.08. The molecule has 1 amide bonds. The van der Waals surface area contributed by atoms with E-state index in [1.165, 1.54) is 0 Å². The Bertz CT molecular complexity index is 136. The monoisotopic (exact) mass is 268 g/mol. The molecule has 0 spiro atoms. The average Bonchev–Trinajstić information content (AvgIpc) is 1.97. The fourth-order valence-corrected chi connectivity index (χ4v) is 2.88. The van der Waals surface area contributed by atoms with Gasteiger partial charge < -0.3 is 0 Å². The standard InChI is InChI=1S/C8H15INO/c1-4-6-7-9-10(5-2)8(3)11/h4H,1,5-7H2,2-3H3/q-1. The van der Waals surface area contributed by atoms with Gasteiger partial charge in [0.1, 0.15) is 0 Å². The van der Waals surface area contributed by atoms with Crippen molar-refractivity contribution in [2.75, 3.05) is 11.0 Å². The van der Waals surface area contributed by atoms with Gasteiger partial charge in [-0.2, -0.15) is 0 Å². The summed E-state index contributed by atoms with van der Waals surface area (Å²) in [6, 6.07) is 0. The van der Waals surface area contributed by atoms with Crippen LogP contribution in [0, 0.1) is 0 Å². The minimum atomic E-state index is -0.0753. The van der Waals surface area contributed by atoms with E-state index in [0.29, 0.717) is 0 Å². The van der Waals surface area contributed by atoms with Crippen LogP contribution in [0.3, 0.4) is 0 Å². The first-order valence-corrected chi connectivity index (χ1v) is 6.19. The zero-order chi connectivity index (χ0) is 8.69. The van der Waals surface area contributed by atoms with Crippen LogP contribution in [0.5, 0.6) is 0 Å². The molecule has 2 nitrogen and oxygen atoms in total. The average molecular weight is 268 g/mol. The number of rotatable bonds is 5. The Morgan fingerprint density at radius 3 is 2.73 bits per heavy atom. The van der Waals surface area contributed by atoms with Crippen LogP contribution in [0.4, 0.5) is 0 Å². The number of hydrogen-bond acceptors (Lipinski definition) is 1. The second-order valence-corrected chi connectivity index (χ2v) is 5.01. The molecule has 0 unspecified atom stereocenters. The summed E-state index contributed by atoms with van der Waals surface area (Å²) in [4.78, 5) is 10.9. The summed E-state index contributed by atoms with van der Waals surface area (Å²) in [5.74, 6) is 0.212. The van der Waals surface area contributed by atoms with E-state index < -0.39 is 0 Å². The first kappa shape index (κ1) is 10.9. The Kier molecular flexibility index (Phi) is 6.60. The summed E-state index contributed by atoms with van der Waals surface area (Å²) in [5, 5.41) is 0. The van der Waals surface area contributed by atoms with Crippen LogP contribution < -0.4 is 21.5 Å². The van der Waals surface area contributed by atoms with Gasteiger partial charge in [-0.3, -0.25) is 0 Å². The number of hydrogen-bond donors (Lipinski definition) is 0. The zero-order valence-corrected chi connectivity index (χ0v) is 9.30. The van der Waals surface area contributed by atoms with Crippen molar-refractivity contribution in [1.29, 1.82) is 0 Å². The third-order valence-corrected chi connectivity index (χ3v) is 4.45. The van der Waals surface area contributed by atoms with Crippen molar-refractivity contribution in [1.82, 2.24) is 3.11 Å². The van der Waals surface area contributed by atoms with Gasteiger partial charge in [-0.1, -0.05) is 0 Å². The molecule has 3 heteroatoms. The van der Waals surface area contributed by atoms with Gasteiger partial charge >= 0.3 is 79.2 Å². The number of allylic oxidation sites excluding steroid dienone is 1. The van der Waals surface area contributed by atoms with Gasteiger partial charge in [0, 0.05) is 0 Å². The molecular weight excluding hydrogens is 253 g/mol. The van der Waals surface area contributed by atoms with Crippen molar-refractivity contribution in [2.45, 2.75) is 20.3 Å². The Labute approximate surface area is 79.3 Å². The quantitative estimate of drug-likeness (QED) is 0.194. The van der Waals surface area contributed by atoms with Gasteiger partial charge in [0.2, 0.25) is 0 Å². The van der Waals surface area contributed by atoms with E-state index in [0.717, 1.165) is 17.4 Å². The van der Waals surface area contributed by atoms with Gasteiger partial charge in [0.25, 0.3) is 0 Å². The molecule has 0 heterocycles. The summed E-state index contributed by atoms with van der Waals surface area (Å²) in [7, 11) is 0. The molecule has 0 fully saturated rings. The Morgan fingerprint density at radius 2 is 2.36 bits per heavy atom. The maximum absolute atomic E-state index is 10.9. The van der Waals surface area contributed by atoms with Crippen molar-refractivity contribution in [2.24, 2.45) is 0 Å². The van der Waals surface area contributed by atoms with E-state index in [1.807, 2.05) is 16.1 Å². The van der Waals surface area contributed by atoms with E-state index in [4.69, 9.17) is 0 Å². The maximum atomic E-state index is 10.9. The van der Waals surface area contributed by atoms with Crippen LogP contribution in [0.25, 0.3) is 0 Å². The molecule has 11 heavy (non-hydrogen) atoms. The molecule has 0 atom stereocenters. The molecule has 66 valence electrons. The number of amides is 1. The molecule has 0 aliphatic carbocycles. The fraction of sp³-hybridized carbons (Fsp3) is 0.625. The molecule has 0 aliphatic heterocycles. The number of nitrogens with zero attached hydrogens (tertiary/aromatic N) is 1. The first-order valence-electron chi connectivity index (χ1n) is 3.70. The van der Waals surface area contributed by atoms with Crippen molar-refractivity contribution in [3.05, 3.63) is 12.7 Å². The second kappa shape index (κ2) is 6.64. The third kappa shape index (κ3) is 5.24. The second-order valence-electron chi connectivity index (χ2n) is 2.08. The third-order valence-electron chi connectivity index (χ3n) is 1.16. The predicted molar refractivity (Wildman–Crippen MR) is 42.7 cm³/mol. The molecule has 0 rings (SSSR count). The van der Waals surface area contributed by atoms with Crippen molar-refractivity contribution < 1.29 is 26.3 Å². The summed E-state index contributed by atoms with van der Waals surface area (Å²) in [5.41, 5.74) is 0. The molecule has 0 aliphatic rings. The molecule has 0 bridgehead atoms. The molecule has 0 aromatic carbocycles. The van der Waals surface area contributed by atoms with Crippen LogP contribution >= 0.6 is 0 Å². The topological polar surface area (TPSA) is 20.3 Å². The molecule has 0 saturated carbocycles.